The first-order valence-electron chi connectivity index (χ1n) is 10.9. The number of piperidine rings is 1. The van der Waals surface area contributed by atoms with Gasteiger partial charge in [-0.1, -0.05) is 19.1 Å². The second-order valence-electron chi connectivity index (χ2n) is 10.1. The van der Waals surface area contributed by atoms with Crippen molar-refractivity contribution in [2.75, 3.05) is 32.0 Å². The lowest BCUT2D eigenvalue weighted by Gasteiger charge is -2.37. The van der Waals surface area contributed by atoms with Crippen LogP contribution in [0.15, 0.2) is 24.3 Å². The molecule has 3 aliphatic rings. The van der Waals surface area contributed by atoms with Crippen molar-refractivity contribution in [2.45, 2.75) is 58.0 Å². The van der Waals surface area contributed by atoms with Crippen LogP contribution in [0.25, 0.3) is 5.70 Å². The van der Waals surface area contributed by atoms with Crippen LogP contribution in [0.4, 0.5) is 10.5 Å². The maximum Gasteiger partial charge on any atom is 0.414 e. The number of allylic oxidation sites excluding steroid dienone is 1. The van der Waals surface area contributed by atoms with E-state index < -0.39 is 11.0 Å². The van der Waals surface area contributed by atoms with Crippen LogP contribution in [0.2, 0.25) is 0 Å². The minimum Gasteiger partial charge on any atom is -0.443 e. The quantitative estimate of drug-likeness (QED) is 0.752. The molecule has 1 N–H and O–H groups in total. The summed E-state index contributed by atoms with van der Waals surface area (Å²) in [5.74, 6) is 0.483. The Hall–Kier alpha value is -2.34. The molecule has 0 saturated carbocycles. The summed E-state index contributed by atoms with van der Waals surface area (Å²) in [6, 6.07) is 6.12. The van der Waals surface area contributed by atoms with Gasteiger partial charge in [-0.05, 0) is 89.3 Å². The van der Waals surface area contributed by atoms with E-state index in [9.17, 15) is 9.59 Å². The molecule has 0 radical (unpaired) electrons. The molecule has 1 aromatic carbocycles. The zero-order valence-corrected chi connectivity index (χ0v) is 18.7. The maximum absolute atomic E-state index is 13.0. The summed E-state index contributed by atoms with van der Waals surface area (Å²) < 4.78 is 5.68. The van der Waals surface area contributed by atoms with E-state index in [0.717, 1.165) is 54.9 Å². The van der Waals surface area contributed by atoms with Crippen molar-refractivity contribution >= 4 is 23.4 Å². The molecule has 162 valence electrons. The number of likely N-dealkylation sites (tertiary alicyclic amines) is 1. The van der Waals surface area contributed by atoms with E-state index in [-0.39, 0.29) is 12.0 Å². The van der Waals surface area contributed by atoms with Crippen molar-refractivity contribution in [1.29, 1.82) is 0 Å². The molecular formula is C24H33N3O3. The molecule has 3 heterocycles. The Morgan fingerprint density at radius 2 is 1.93 bits per heavy atom. The zero-order valence-electron chi connectivity index (χ0n) is 18.7. The first-order chi connectivity index (χ1) is 14.1. The molecule has 0 aromatic heterocycles. The van der Waals surface area contributed by atoms with Crippen LogP contribution in [0.1, 0.15) is 58.1 Å². The fourth-order valence-electron chi connectivity index (χ4n) is 4.74. The van der Waals surface area contributed by atoms with Gasteiger partial charge in [0.15, 0.2) is 0 Å². The molecule has 6 nitrogen and oxygen atoms in total. The third kappa shape index (κ3) is 3.73. The number of fused-ring (bicyclic) bond motifs is 2. The van der Waals surface area contributed by atoms with Gasteiger partial charge < -0.3 is 15.0 Å². The largest absolute Gasteiger partial charge is 0.443 e. The highest BCUT2D eigenvalue weighted by Crippen LogP contribution is 2.46. The number of hydrogen-bond donors (Lipinski definition) is 1. The summed E-state index contributed by atoms with van der Waals surface area (Å²) in [7, 11) is 2.10. The average molecular weight is 412 g/mol. The van der Waals surface area contributed by atoms with Crippen molar-refractivity contribution in [3.05, 3.63) is 35.4 Å². The molecule has 1 atom stereocenters. The molecule has 1 aromatic rings. The number of anilines is 1. The fraction of sp³-hybridized carbons (Fsp3) is 0.583. The lowest BCUT2D eigenvalue weighted by atomic mass is 9.73. The SMILES string of the molecule is CC1CC=C(c2ccc3c(c2)C2(CCN(C)CC2)C(=O)N3)N(C(=O)OC(C)(C)C)C1. The van der Waals surface area contributed by atoms with E-state index >= 15 is 0 Å². The minimum absolute atomic E-state index is 0.109. The zero-order chi connectivity index (χ0) is 21.7. The molecule has 6 heteroatoms. The van der Waals surface area contributed by atoms with E-state index in [1.807, 2.05) is 32.9 Å². The lowest BCUT2D eigenvalue weighted by Crippen LogP contribution is -2.45. The van der Waals surface area contributed by atoms with Gasteiger partial charge in [-0.3, -0.25) is 9.69 Å². The van der Waals surface area contributed by atoms with Crippen LogP contribution < -0.4 is 5.32 Å². The molecule has 0 aliphatic carbocycles. The topological polar surface area (TPSA) is 61.9 Å². The molecule has 0 bridgehead atoms. The van der Waals surface area contributed by atoms with E-state index in [2.05, 4.69) is 36.3 Å². The van der Waals surface area contributed by atoms with Gasteiger partial charge in [0.1, 0.15) is 5.60 Å². The predicted molar refractivity (Wildman–Crippen MR) is 118 cm³/mol. The van der Waals surface area contributed by atoms with Gasteiger partial charge >= 0.3 is 6.09 Å². The average Bonchev–Trinajstić information content (AvgIpc) is 2.93. The normalized spacial score (nSPS) is 23.8. The monoisotopic (exact) mass is 411 g/mol. The van der Waals surface area contributed by atoms with E-state index in [1.165, 1.54) is 0 Å². The maximum atomic E-state index is 13.0. The summed E-state index contributed by atoms with van der Waals surface area (Å²) in [5, 5.41) is 3.09. The molecule has 1 spiro atoms. The summed E-state index contributed by atoms with van der Waals surface area (Å²) in [4.78, 5) is 29.9. The number of rotatable bonds is 1. The van der Waals surface area contributed by atoms with Gasteiger partial charge in [0.05, 0.1) is 11.1 Å². The second-order valence-corrected chi connectivity index (χ2v) is 10.1. The van der Waals surface area contributed by atoms with E-state index in [1.54, 1.807) is 4.90 Å². The Balaban J connectivity index is 1.70. The van der Waals surface area contributed by atoms with Crippen molar-refractivity contribution in [3.8, 4) is 0 Å². The predicted octanol–water partition coefficient (Wildman–Crippen LogP) is 4.22. The van der Waals surface area contributed by atoms with Crippen molar-refractivity contribution < 1.29 is 14.3 Å². The second kappa shape index (κ2) is 7.41. The van der Waals surface area contributed by atoms with Crippen LogP contribution in [-0.2, 0) is 14.9 Å². The molecule has 3 aliphatic heterocycles. The number of amides is 2. The van der Waals surface area contributed by atoms with Crippen LogP contribution in [-0.4, -0.2) is 54.1 Å². The van der Waals surface area contributed by atoms with Gasteiger partial charge in [-0.25, -0.2) is 4.79 Å². The van der Waals surface area contributed by atoms with E-state index in [4.69, 9.17) is 4.74 Å². The molecule has 1 fully saturated rings. The third-order valence-corrected chi connectivity index (χ3v) is 6.47. The van der Waals surface area contributed by atoms with Crippen LogP contribution in [0.5, 0.6) is 0 Å². The Kier molecular flexibility index (Phi) is 5.17. The highest BCUT2D eigenvalue weighted by Gasteiger charge is 2.48. The van der Waals surface area contributed by atoms with E-state index in [0.29, 0.717) is 12.5 Å². The molecule has 1 unspecified atom stereocenters. The van der Waals surface area contributed by atoms with Gasteiger partial charge in [0.2, 0.25) is 5.91 Å². The number of nitrogens with zero attached hydrogens (tertiary/aromatic N) is 2. The number of carbonyl (C=O) groups is 2. The summed E-state index contributed by atoms with van der Waals surface area (Å²) in [5.41, 5.74) is 2.82. The van der Waals surface area contributed by atoms with Gasteiger partial charge in [-0.15, -0.1) is 0 Å². The summed E-state index contributed by atoms with van der Waals surface area (Å²) >= 11 is 0. The highest BCUT2D eigenvalue weighted by atomic mass is 16.6. The minimum atomic E-state index is -0.546. The summed E-state index contributed by atoms with van der Waals surface area (Å²) in [6.45, 7) is 10.2. The Morgan fingerprint density at radius 3 is 2.60 bits per heavy atom. The van der Waals surface area contributed by atoms with Crippen molar-refractivity contribution in [1.82, 2.24) is 9.80 Å². The number of nitrogens with one attached hydrogen (secondary N) is 1. The Labute approximate surface area is 179 Å². The highest BCUT2D eigenvalue weighted by molar-refractivity contribution is 6.06. The standard InChI is InChI=1S/C24H33N3O3/c1-16-6-9-20(27(15-16)22(29)30-23(2,3)4)17-7-8-19-18(14-17)24(21(28)25-19)10-12-26(5)13-11-24/h7-9,14,16H,6,10-13,15H2,1-5H3,(H,25,28). The third-order valence-electron chi connectivity index (χ3n) is 6.47. The number of ether oxygens (including phenoxy) is 1. The van der Waals surface area contributed by atoms with Crippen LogP contribution in [0.3, 0.4) is 0 Å². The van der Waals surface area contributed by atoms with Gasteiger partial charge in [0.25, 0.3) is 0 Å². The van der Waals surface area contributed by atoms with Crippen molar-refractivity contribution in [3.63, 3.8) is 0 Å². The van der Waals surface area contributed by atoms with Gasteiger partial charge in [0, 0.05) is 12.2 Å². The van der Waals surface area contributed by atoms with Crippen LogP contribution in [0, 0.1) is 5.92 Å². The first-order valence-corrected chi connectivity index (χ1v) is 10.9. The molecule has 4 rings (SSSR count). The fourth-order valence-corrected chi connectivity index (χ4v) is 4.74. The molecular weight excluding hydrogens is 378 g/mol. The number of carbonyl (C=O) groups excluding carboxylic acids is 2. The molecule has 2 amide bonds. The lowest BCUT2D eigenvalue weighted by molar-refractivity contribution is -0.122. The molecule has 1 saturated heterocycles. The molecule has 30 heavy (non-hydrogen) atoms. The first kappa shape index (κ1) is 20.9. The van der Waals surface area contributed by atoms with Gasteiger partial charge in [-0.2, -0.15) is 0 Å². The summed E-state index contributed by atoms with van der Waals surface area (Å²) in [6.07, 6.45) is 4.36. The Morgan fingerprint density at radius 1 is 1.23 bits per heavy atom. The Bertz CT molecular complexity index is 891. The number of hydrogen-bond acceptors (Lipinski definition) is 4. The van der Waals surface area contributed by atoms with Crippen molar-refractivity contribution in [2.24, 2.45) is 5.92 Å². The number of benzene rings is 1. The smallest absolute Gasteiger partial charge is 0.414 e. The van der Waals surface area contributed by atoms with Crippen LogP contribution >= 0.6 is 0 Å².